The molecule has 1 unspecified atom stereocenters. The van der Waals surface area contributed by atoms with E-state index in [2.05, 4.69) is 22.8 Å². The quantitative estimate of drug-likeness (QED) is 0.782. The highest BCUT2D eigenvalue weighted by Crippen LogP contribution is 2.26. The summed E-state index contributed by atoms with van der Waals surface area (Å²) in [7, 11) is 0. The maximum atomic E-state index is 12.5. The van der Waals surface area contributed by atoms with Crippen LogP contribution in [0.25, 0.3) is 0 Å². The molecule has 0 bridgehead atoms. The monoisotopic (exact) mass is 313 g/mol. The van der Waals surface area contributed by atoms with Crippen molar-refractivity contribution in [3.8, 4) is 0 Å². The first-order valence-corrected chi connectivity index (χ1v) is 8.08. The number of fused-ring (bicyclic) bond motifs is 1. The number of hydrogen-bond donors (Lipinski definition) is 2. The van der Waals surface area contributed by atoms with Gasteiger partial charge in [-0.05, 0) is 42.4 Å². The van der Waals surface area contributed by atoms with Crippen LogP contribution in [0.5, 0.6) is 0 Å². The predicted octanol–water partition coefficient (Wildman–Crippen LogP) is 0.528. The van der Waals surface area contributed by atoms with Gasteiger partial charge in [-0.1, -0.05) is 18.2 Å². The lowest BCUT2D eigenvalue weighted by molar-refractivity contribution is -0.130. The molecule has 1 aliphatic carbocycles. The van der Waals surface area contributed by atoms with Crippen LogP contribution in [0.3, 0.4) is 0 Å². The summed E-state index contributed by atoms with van der Waals surface area (Å²) in [4.78, 5) is 37.5. The Morgan fingerprint density at radius 3 is 2.83 bits per heavy atom. The summed E-state index contributed by atoms with van der Waals surface area (Å²) in [5.74, 6) is -0.316. The summed E-state index contributed by atoms with van der Waals surface area (Å²) in [5.41, 5.74) is 2.85. The summed E-state index contributed by atoms with van der Waals surface area (Å²) < 4.78 is 0. The summed E-state index contributed by atoms with van der Waals surface area (Å²) >= 11 is 0. The highest BCUT2D eigenvalue weighted by molar-refractivity contribution is 6.07. The van der Waals surface area contributed by atoms with E-state index < -0.39 is 11.6 Å². The van der Waals surface area contributed by atoms with E-state index in [0.717, 1.165) is 18.4 Å². The first-order valence-electron chi connectivity index (χ1n) is 8.08. The van der Waals surface area contributed by atoms with Crippen molar-refractivity contribution in [3.05, 3.63) is 34.9 Å². The van der Waals surface area contributed by atoms with Crippen LogP contribution in [0, 0.1) is 0 Å². The lowest BCUT2D eigenvalue weighted by atomic mass is 9.99. The Labute approximate surface area is 134 Å². The number of imide groups is 1. The zero-order valence-electron chi connectivity index (χ0n) is 12.9. The zero-order chi connectivity index (χ0) is 16.0. The predicted molar refractivity (Wildman–Crippen MR) is 82.8 cm³/mol. The maximum Gasteiger partial charge on any atom is 0.322 e. The maximum absolute atomic E-state index is 12.5. The Hall–Kier alpha value is -2.37. The minimum Gasteiger partial charge on any atom is -0.339 e. The number of nitrogens with one attached hydrogen (secondary N) is 2. The standard InChI is InChI=1S/C17H19N3O3/c21-14(9-11-4-5-12-2-1-3-13(12)8-11)20-7-6-17(10-20)15(22)18-16(23)19-17/h4-5,8H,1-3,6-7,9-10H2,(H2,18,19,22,23). The molecule has 2 saturated heterocycles. The van der Waals surface area contributed by atoms with E-state index in [-0.39, 0.29) is 18.4 Å². The van der Waals surface area contributed by atoms with Crippen molar-refractivity contribution in [1.29, 1.82) is 0 Å². The molecule has 1 aromatic rings. The van der Waals surface area contributed by atoms with Crippen molar-refractivity contribution in [2.45, 2.75) is 37.6 Å². The Morgan fingerprint density at radius 2 is 2.04 bits per heavy atom. The molecule has 1 spiro atoms. The highest BCUT2D eigenvalue weighted by atomic mass is 16.2. The van der Waals surface area contributed by atoms with Gasteiger partial charge in [-0.15, -0.1) is 0 Å². The van der Waals surface area contributed by atoms with E-state index in [9.17, 15) is 14.4 Å². The van der Waals surface area contributed by atoms with Gasteiger partial charge in [-0.2, -0.15) is 0 Å². The molecule has 2 N–H and O–H groups in total. The molecule has 6 nitrogen and oxygen atoms in total. The lowest BCUT2D eigenvalue weighted by Crippen LogP contribution is -2.49. The van der Waals surface area contributed by atoms with Crippen LogP contribution < -0.4 is 10.6 Å². The van der Waals surface area contributed by atoms with E-state index in [4.69, 9.17) is 0 Å². The van der Waals surface area contributed by atoms with Gasteiger partial charge in [0.25, 0.3) is 5.91 Å². The van der Waals surface area contributed by atoms with E-state index >= 15 is 0 Å². The molecular formula is C17H19N3O3. The third-order valence-electron chi connectivity index (χ3n) is 5.15. The van der Waals surface area contributed by atoms with Crippen LogP contribution in [0.2, 0.25) is 0 Å². The van der Waals surface area contributed by atoms with Crippen LogP contribution in [0.1, 0.15) is 29.5 Å². The van der Waals surface area contributed by atoms with E-state index in [1.807, 2.05) is 6.07 Å². The minimum atomic E-state index is -0.926. The average Bonchev–Trinajstić information content (AvgIpc) is 3.19. The van der Waals surface area contributed by atoms with Crippen LogP contribution in [-0.4, -0.2) is 41.4 Å². The summed E-state index contributed by atoms with van der Waals surface area (Å²) in [6.45, 7) is 0.756. The van der Waals surface area contributed by atoms with E-state index in [0.29, 0.717) is 19.4 Å². The third kappa shape index (κ3) is 2.38. The number of amides is 4. The lowest BCUT2D eigenvalue weighted by Gasteiger charge is -2.21. The molecule has 4 rings (SSSR count). The second-order valence-corrected chi connectivity index (χ2v) is 6.69. The molecule has 0 aromatic heterocycles. The molecule has 3 aliphatic rings. The number of benzene rings is 1. The van der Waals surface area contributed by atoms with Crippen molar-refractivity contribution in [2.75, 3.05) is 13.1 Å². The molecule has 2 heterocycles. The molecular weight excluding hydrogens is 294 g/mol. The molecule has 0 radical (unpaired) electrons. The number of hydrogen-bond acceptors (Lipinski definition) is 3. The van der Waals surface area contributed by atoms with Gasteiger partial charge in [0, 0.05) is 6.54 Å². The normalized spacial score (nSPS) is 25.7. The number of carbonyl (C=O) groups is 3. The van der Waals surface area contributed by atoms with Gasteiger partial charge in [-0.25, -0.2) is 4.79 Å². The molecule has 0 saturated carbocycles. The topological polar surface area (TPSA) is 78.5 Å². The molecule has 120 valence electrons. The van der Waals surface area contributed by atoms with Gasteiger partial charge >= 0.3 is 6.03 Å². The highest BCUT2D eigenvalue weighted by Gasteiger charge is 2.51. The van der Waals surface area contributed by atoms with Gasteiger partial charge in [-0.3, -0.25) is 14.9 Å². The molecule has 2 fully saturated rings. The largest absolute Gasteiger partial charge is 0.339 e. The Kier molecular flexibility index (Phi) is 3.14. The second kappa shape index (κ2) is 5.08. The molecule has 2 aliphatic heterocycles. The van der Waals surface area contributed by atoms with Gasteiger partial charge < -0.3 is 10.2 Å². The molecule has 6 heteroatoms. The van der Waals surface area contributed by atoms with Crippen molar-refractivity contribution >= 4 is 17.8 Å². The number of aryl methyl sites for hydroxylation is 2. The Balaban J connectivity index is 1.44. The van der Waals surface area contributed by atoms with Crippen LogP contribution in [0.4, 0.5) is 4.79 Å². The van der Waals surface area contributed by atoms with Crippen LogP contribution in [-0.2, 0) is 28.9 Å². The zero-order valence-corrected chi connectivity index (χ0v) is 12.9. The minimum absolute atomic E-state index is 0.00812. The molecule has 23 heavy (non-hydrogen) atoms. The van der Waals surface area contributed by atoms with Crippen LogP contribution >= 0.6 is 0 Å². The van der Waals surface area contributed by atoms with E-state index in [1.54, 1.807) is 4.90 Å². The van der Waals surface area contributed by atoms with Gasteiger partial charge in [0.15, 0.2) is 0 Å². The fourth-order valence-corrected chi connectivity index (χ4v) is 3.86. The summed E-state index contributed by atoms with van der Waals surface area (Å²) in [5, 5.41) is 4.93. The van der Waals surface area contributed by atoms with Crippen molar-refractivity contribution < 1.29 is 14.4 Å². The number of likely N-dealkylation sites (tertiary alicyclic amines) is 1. The van der Waals surface area contributed by atoms with Gasteiger partial charge in [0.1, 0.15) is 5.54 Å². The summed E-state index contributed by atoms with van der Waals surface area (Å²) in [6.07, 6.45) is 4.24. The fourth-order valence-electron chi connectivity index (χ4n) is 3.86. The van der Waals surface area contributed by atoms with Crippen molar-refractivity contribution in [1.82, 2.24) is 15.5 Å². The van der Waals surface area contributed by atoms with Crippen molar-refractivity contribution in [3.63, 3.8) is 0 Å². The van der Waals surface area contributed by atoms with Crippen LogP contribution in [0.15, 0.2) is 18.2 Å². The molecule has 1 aromatic carbocycles. The first-order chi connectivity index (χ1) is 11.1. The molecule has 4 amide bonds. The number of nitrogens with zero attached hydrogens (tertiary/aromatic N) is 1. The van der Waals surface area contributed by atoms with Gasteiger partial charge in [0.2, 0.25) is 5.91 Å². The number of carbonyl (C=O) groups excluding carboxylic acids is 3. The smallest absolute Gasteiger partial charge is 0.322 e. The summed E-state index contributed by atoms with van der Waals surface area (Å²) in [6, 6.07) is 5.82. The average molecular weight is 313 g/mol. The number of rotatable bonds is 2. The van der Waals surface area contributed by atoms with Gasteiger partial charge in [0.05, 0.1) is 13.0 Å². The SMILES string of the molecule is O=C1NC(=O)C2(CCN(C(=O)Cc3ccc4c(c3)CCC4)C2)N1. The third-order valence-corrected chi connectivity index (χ3v) is 5.15. The Morgan fingerprint density at radius 1 is 1.22 bits per heavy atom. The molecule has 1 atom stereocenters. The van der Waals surface area contributed by atoms with E-state index in [1.165, 1.54) is 17.5 Å². The second-order valence-electron chi connectivity index (χ2n) is 6.69. The first kappa shape index (κ1) is 14.2. The van der Waals surface area contributed by atoms with Crippen molar-refractivity contribution in [2.24, 2.45) is 0 Å². The Bertz CT molecular complexity index is 715. The fraction of sp³-hybridized carbons (Fsp3) is 0.471. The number of urea groups is 1.